The number of carbonyl (C=O) groups excluding carboxylic acids is 1. The predicted molar refractivity (Wildman–Crippen MR) is 83.1 cm³/mol. The SMILES string of the molecule is Cc1cccc2cc(C(=O)Cc3ccccc3Br)oc12. The van der Waals surface area contributed by atoms with Crippen molar-refractivity contribution in [3.8, 4) is 0 Å². The van der Waals surface area contributed by atoms with E-state index in [-0.39, 0.29) is 5.78 Å². The summed E-state index contributed by atoms with van der Waals surface area (Å²) in [4.78, 5) is 12.3. The molecule has 0 aliphatic heterocycles. The second-order valence-corrected chi connectivity index (χ2v) is 5.65. The number of furan rings is 1. The van der Waals surface area contributed by atoms with Crippen LogP contribution in [0.4, 0.5) is 0 Å². The Bertz CT molecular complexity index is 787. The van der Waals surface area contributed by atoms with Gasteiger partial charge in [-0.1, -0.05) is 52.3 Å². The van der Waals surface area contributed by atoms with Crippen molar-refractivity contribution in [2.75, 3.05) is 0 Å². The number of ketones is 1. The molecule has 2 nitrogen and oxygen atoms in total. The van der Waals surface area contributed by atoms with E-state index in [1.807, 2.05) is 55.5 Å². The second-order valence-electron chi connectivity index (χ2n) is 4.80. The van der Waals surface area contributed by atoms with Gasteiger partial charge in [-0.25, -0.2) is 0 Å². The highest BCUT2D eigenvalue weighted by atomic mass is 79.9. The van der Waals surface area contributed by atoms with Crippen molar-refractivity contribution in [2.24, 2.45) is 0 Å². The number of aryl methyl sites for hydroxylation is 1. The summed E-state index contributed by atoms with van der Waals surface area (Å²) in [6.07, 6.45) is 0.334. The number of hydrogen-bond donors (Lipinski definition) is 0. The van der Waals surface area contributed by atoms with Gasteiger partial charge in [-0.05, 0) is 30.2 Å². The molecule has 1 heterocycles. The number of Topliss-reactive ketones (excluding diaryl/α,β-unsaturated/α-hetero) is 1. The summed E-state index contributed by atoms with van der Waals surface area (Å²) in [6, 6.07) is 15.5. The lowest BCUT2D eigenvalue weighted by Crippen LogP contribution is -2.02. The lowest BCUT2D eigenvalue weighted by Gasteiger charge is -2.01. The van der Waals surface area contributed by atoms with Gasteiger partial charge < -0.3 is 4.42 Å². The molecule has 0 amide bonds. The second kappa shape index (κ2) is 5.25. The van der Waals surface area contributed by atoms with E-state index in [0.29, 0.717) is 12.2 Å². The normalized spacial score (nSPS) is 10.9. The minimum absolute atomic E-state index is 0.00694. The van der Waals surface area contributed by atoms with Gasteiger partial charge in [-0.2, -0.15) is 0 Å². The number of rotatable bonds is 3. The standard InChI is InChI=1S/C17H13BrO2/c1-11-5-4-7-13-10-16(20-17(11)13)15(19)9-12-6-2-3-8-14(12)18/h2-8,10H,9H2,1H3. The summed E-state index contributed by atoms with van der Waals surface area (Å²) < 4.78 is 6.65. The monoisotopic (exact) mass is 328 g/mol. The maximum atomic E-state index is 12.3. The third-order valence-corrected chi connectivity index (χ3v) is 4.10. The molecule has 0 aliphatic carbocycles. The largest absolute Gasteiger partial charge is 0.453 e. The van der Waals surface area contributed by atoms with Crippen molar-refractivity contribution in [2.45, 2.75) is 13.3 Å². The van der Waals surface area contributed by atoms with Gasteiger partial charge in [0.15, 0.2) is 5.76 Å². The van der Waals surface area contributed by atoms with E-state index >= 15 is 0 Å². The van der Waals surface area contributed by atoms with Crippen LogP contribution in [0, 0.1) is 6.92 Å². The minimum Gasteiger partial charge on any atom is -0.453 e. The molecule has 1 aromatic heterocycles. The van der Waals surface area contributed by atoms with Crippen molar-refractivity contribution < 1.29 is 9.21 Å². The average Bonchev–Trinajstić information content (AvgIpc) is 2.87. The molecule has 2 aromatic carbocycles. The van der Waals surface area contributed by atoms with Crippen LogP contribution in [0.5, 0.6) is 0 Å². The molecule has 0 saturated heterocycles. The first-order valence-corrected chi connectivity index (χ1v) is 7.20. The third-order valence-electron chi connectivity index (χ3n) is 3.32. The van der Waals surface area contributed by atoms with Gasteiger partial charge >= 0.3 is 0 Å². The molecule has 0 N–H and O–H groups in total. The molecule has 3 heteroatoms. The van der Waals surface area contributed by atoms with Crippen LogP contribution in [0.3, 0.4) is 0 Å². The van der Waals surface area contributed by atoms with Crippen LogP contribution < -0.4 is 0 Å². The Kier molecular flexibility index (Phi) is 3.45. The molecule has 3 rings (SSSR count). The molecule has 0 spiro atoms. The molecule has 20 heavy (non-hydrogen) atoms. The molecule has 0 fully saturated rings. The summed E-state index contributed by atoms with van der Waals surface area (Å²) in [5, 5.41) is 0.973. The molecular weight excluding hydrogens is 316 g/mol. The van der Waals surface area contributed by atoms with Gasteiger partial charge in [-0.3, -0.25) is 4.79 Å². The molecule has 100 valence electrons. The molecule has 0 saturated carbocycles. The maximum Gasteiger partial charge on any atom is 0.202 e. The fraction of sp³-hybridized carbons (Fsp3) is 0.118. The average molecular weight is 329 g/mol. The molecule has 0 atom stereocenters. The van der Waals surface area contributed by atoms with Crippen LogP contribution in [0.25, 0.3) is 11.0 Å². The van der Waals surface area contributed by atoms with E-state index in [1.165, 1.54) is 0 Å². The van der Waals surface area contributed by atoms with Crippen LogP contribution in [0.15, 0.2) is 57.4 Å². The number of hydrogen-bond acceptors (Lipinski definition) is 2. The zero-order valence-electron chi connectivity index (χ0n) is 11.0. The van der Waals surface area contributed by atoms with Gasteiger partial charge in [0.2, 0.25) is 5.78 Å². The fourth-order valence-corrected chi connectivity index (χ4v) is 2.67. The lowest BCUT2D eigenvalue weighted by molar-refractivity contribution is 0.0968. The number of para-hydroxylation sites is 1. The summed E-state index contributed by atoms with van der Waals surface area (Å²) in [5.74, 6) is 0.414. The van der Waals surface area contributed by atoms with Gasteiger partial charge in [0.25, 0.3) is 0 Å². The van der Waals surface area contributed by atoms with Gasteiger partial charge in [0.1, 0.15) is 5.58 Å². The third kappa shape index (κ3) is 2.41. The van der Waals surface area contributed by atoms with E-state index in [1.54, 1.807) is 0 Å². The Morgan fingerprint density at radius 3 is 2.70 bits per heavy atom. The van der Waals surface area contributed by atoms with Crippen molar-refractivity contribution in [3.05, 3.63) is 69.9 Å². The van der Waals surface area contributed by atoms with Crippen molar-refractivity contribution in [1.29, 1.82) is 0 Å². The highest BCUT2D eigenvalue weighted by Crippen LogP contribution is 2.24. The first-order chi connectivity index (χ1) is 9.65. The molecule has 0 aliphatic rings. The first-order valence-electron chi connectivity index (χ1n) is 6.41. The van der Waals surface area contributed by atoms with Gasteiger partial charge in [-0.15, -0.1) is 0 Å². The van der Waals surface area contributed by atoms with Gasteiger partial charge in [0, 0.05) is 16.3 Å². The van der Waals surface area contributed by atoms with Crippen LogP contribution in [-0.2, 0) is 6.42 Å². The van der Waals surface area contributed by atoms with Crippen molar-refractivity contribution in [1.82, 2.24) is 0 Å². The van der Waals surface area contributed by atoms with E-state index < -0.39 is 0 Å². The summed E-state index contributed by atoms with van der Waals surface area (Å²) in [7, 11) is 0. The Balaban J connectivity index is 1.93. The Labute approximate surface area is 125 Å². The quantitative estimate of drug-likeness (QED) is 0.638. The minimum atomic E-state index is -0.00694. The fourth-order valence-electron chi connectivity index (χ4n) is 2.25. The number of halogens is 1. The van der Waals surface area contributed by atoms with E-state index in [2.05, 4.69) is 15.9 Å². The molecular formula is C17H13BrO2. The van der Waals surface area contributed by atoms with Crippen molar-refractivity contribution >= 4 is 32.7 Å². The molecule has 0 bridgehead atoms. The van der Waals surface area contributed by atoms with Crippen LogP contribution in [0.2, 0.25) is 0 Å². The predicted octanol–water partition coefficient (Wildman–Crippen LogP) is 4.93. The van der Waals surface area contributed by atoms with E-state index in [0.717, 1.165) is 26.6 Å². The maximum absolute atomic E-state index is 12.3. The van der Waals surface area contributed by atoms with Gasteiger partial charge in [0.05, 0.1) is 0 Å². The Hall–Kier alpha value is -1.87. The zero-order chi connectivity index (χ0) is 14.1. The van der Waals surface area contributed by atoms with Crippen LogP contribution in [-0.4, -0.2) is 5.78 Å². The number of fused-ring (bicyclic) bond motifs is 1. The van der Waals surface area contributed by atoms with Crippen molar-refractivity contribution in [3.63, 3.8) is 0 Å². The zero-order valence-corrected chi connectivity index (χ0v) is 12.6. The topological polar surface area (TPSA) is 30.2 Å². The highest BCUT2D eigenvalue weighted by Gasteiger charge is 2.14. The lowest BCUT2D eigenvalue weighted by atomic mass is 10.1. The highest BCUT2D eigenvalue weighted by molar-refractivity contribution is 9.10. The number of carbonyl (C=O) groups is 1. The van der Waals surface area contributed by atoms with Crippen LogP contribution >= 0.6 is 15.9 Å². The Morgan fingerprint density at radius 1 is 1.15 bits per heavy atom. The molecule has 0 unspecified atom stereocenters. The van der Waals surface area contributed by atoms with E-state index in [4.69, 9.17) is 4.42 Å². The smallest absolute Gasteiger partial charge is 0.202 e. The molecule has 3 aromatic rings. The Morgan fingerprint density at radius 2 is 1.95 bits per heavy atom. The first kappa shape index (κ1) is 13.1. The molecule has 0 radical (unpaired) electrons. The summed E-state index contributed by atoms with van der Waals surface area (Å²) in [6.45, 7) is 1.98. The number of benzene rings is 2. The summed E-state index contributed by atoms with van der Waals surface area (Å²) in [5.41, 5.74) is 2.81. The van der Waals surface area contributed by atoms with Crippen LogP contribution in [0.1, 0.15) is 21.7 Å². The summed E-state index contributed by atoms with van der Waals surface area (Å²) >= 11 is 3.46. The van der Waals surface area contributed by atoms with E-state index in [9.17, 15) is 4.79 Å².